The average Bonchev–Trinajstić information content (AvgIpc) is 2.49. The Morgan fingerprint density at radius 2 is 1.75 bits per heavy atom. The molecule has 5 heteroatoms. The van der Waals surface area contributed by atoms with Crippen LogP contribution >= 0.6 is 15.9 Å². The molecule has 2 aromatic rings. The van der Waals surface area contributed by atoms with Crippen molar-refractivity contribution in [1.82, 2.24) is 0 Å². The fourth-order valence-corrected chi connectivity index (χ4v) is 2.79. The third kappa shape index (κ3) is 4.45. The molecule has 0 heterocycles. The Bertz CT molecular complexity index is 787. The number of carbonyl (C=O) groups is 2. The van der Waals surface area contributed by atoms with Crippen LogP contribution in [0.15, 0.2) is 40.9 Å². The summed E-state index contributed by atoms with van der Waals surface area (Å²) in [4.78, 5) is 25.9. The van der Waals surface area contributed by atoms with Gasteiger partial charge >= 0.3 is 0 Å². The Hall–Kier alpha value is -2.14. The number of rotatable bonds is 4. The molecule has 0 aliphatic heterocycles. The topological polar surface area (TPSA) is 49.4 Å². The second-order valence-corrected chi connectivity index (χ2v) is 6.76. The minimum atomic E-state index is -0.230. The second-order valence-electron chi connectivity index (χ2n) is 5.91. The van der Waals surface area contributed by atoms with Gasteiger partial charge < -0.3 is 10.2 Å². The number of hydrogen-bond acceptors (Lipinski definition) is 2. The number of halogens is 1. The van der Waals surface area contributed by atoms with Crippen LogP contribution in [0.5, 0.6) is 0 Å². The summed E-state index contributed by atoms with van der Waals surface area (Å²) in [5.74, 6) is -0.393. The van der Waals surface area contributed by atoms with Crippen molar-refractivity contribution in [3.63, 3.8) is 0 Å². The summed E-state index contributed by atoms with van der Waals surface area (Å²) in [5.41, 5.74) is 4.60. The van der Waals surface area contributed by atoms with Crippen molar-refractivity contribution in [3.05, 3.63) is 57.6 Å². The summed E-state index contributed by atoms with van der Waals surface area (Å²) >= 11 is 3.43. The van der Waals surface area contributed by atoms with E-state index in [4.69, 9.17) is 0 Å². The monoisotopic (exact) mass is 388 g/mol. The van der Waals surface area contributed by atoms with Crippen molar-refractivity contribution in [2.24, 2.45) is 0 Å². The van der Waals surface area contributed by atoms with Crippen LogP contribution < -0.4 is 10.2 Å². The summed E-state index contributed by atoms with van der Waals surface area (Å²) in [5, 5.41) is 2.84. The van der Waals surface area contributed by atoms with Crippen LogP contribution in [0.4, 0.5) is 11.4 Å². The highest BCUT2D eigenvalue weighted by atomic mass is 79.9. The van der Waals surface area contributed by atoms with Gasteiger partial charge in [-0.25, -0.2) is 0 Å². The molecule has 1 N–H and O–H groups in total. The van der Waals surface area contributed by atoms with Gasteiger partial charge in [0.2, 0.25) is 11.8 Å². The molecule has 24 heavy (non-hydrogen) atoms. The summed E-state index contributed by atoms with van der Waals surface area (Å²) < 4.78 is 0.987. The van der Waals surface area contributed by atoms with Crippen molar-refractivity contribution in [1.29, 1.82) is 0 Å². The maximum atomic E-state index is 12.4. The first kappa shape index (κ1) is 18.2. The normalized spacial score (nSPS) is 10.4. The molecule has 0 atom stereocenters. The number of aryl methyl sites for hydroxylation is 3. The van der Waals surface area contributed by atoms with Crippen LogP contribution in [-0.4, -0.2) is 18.4 Å². The summed E-state index contributed by atoms with van der Waals surface area (Å²) in [7, 11) is 0. The highest BCUT2D eigenvalue weighted by molar-refractivity contribution is 9.10. The SMILES string of the molecule is CC(=O)N(CC(=O)Nc1ccc(Br)c(C)c1)c1ccc(C)cc1C. The lowest BCUT2D eigenvalue weighted by Gasteiger charge is -2.23. The molecule has 0 saturated heterocycles. The lowest BCUT2D eigenvalue weighted by Crippen LogP contribution is -2.37. The largest absolute Gasteiger partial charge is 0.325 e. The molecule has 4 nitrogen and oxygen atoms in total. The highest BCUT2D eigenvalue weighted by Gasteiger charge is 2.17. The molecule has 0 spiro atoms. The Kier molecular flexibility index (Phi) is 5.78. The molecule has 0 radical (unpaired) electrons. The van der Waals surface area contributed by atoms with Gasteiger partial charge in [-0.15, -0.1) is 0 Å². The molecule has 0 aliphatic carbocycles. The lowest BCUT2D eigenvalue weighted by atomic mass is 10.1. The summed E-state index contributed by atoms with van der Waals surface area (Å²) in [6.07, 6.45) is 0. The molecule has 2 aromatic carbocycles. The minimum Gasteiger partial charge on any atom is -0.325 e. The van der Waals surface area contributed by atoms with Crippen molar-refractivity contribution >= 4 is 39.1 Å². The second kappa shape index (κ2) is 7.62. The van der Waals surface area contributed by atoms with Crippen LogP contribution in [0.3, 0.4) is 0 Å². The number of hydrogen-bond donors (Lipinski definition) is 1. The quantitative estimate of drug-likeness (QED) is 0.845. The van der Waals surface area contributed by atoms with Gasteiger partial charge in [0.1, 0.15) is 6.54 Å². The lowest BCUT2D eigenvalue weighted by molar-refractivity contribution is -0.120. The van der Waals surface area contributed by atoms with Gasteiger partial charge in [0.05, 0.1) is 0 Å². The van der Waals surface area contributed by atoms with E-state index in [0.29, 0.717) is 5.69 Å². The van der Waals surface area contributed by atoms with E-state index in [9.17, 15) is 9.59 Å². The fourth-order valence-electron chi connectivity index (χ4n) is 2.54. The van der Waals surface area contributed by atoms with Crippen LogP contribution in [-0.2, 0) is 9.59 Å². The molecular formula is C19H21BrN2O2. The van der Waals surface area contributed by atoms with E-state index in [1.807, 2.05) is 57.2 Å². The van der Waals surface area contributed by atoms with E-state index in [1.54, 1.807) is 0 Å². The zero-order chi connectivity index (χ0) is 17.9. The van der Waals surface area contributed by atoms with Crippen LogP contribution in [0, 0.1) is 20.8 Å². The first-order valence-corrected chi connectivity index (χ1v) is 8.48. The summed E-state index contributed by atoms with van der Waals surface area (Å²) in [6.45, 7) is 7.34. The van der Waals surface area contributed by atoms with Gasteiger partial charge in [-0.1, -0.05) is 33.6 Å². The van der Waals surface area contributed by atoms with Gasteiger partial charge in [0.15, 0.2) is 0 Å². The average molecular weight is 389 g/mol. The maximum Gasteiger partial charge on any atom is 0.244 e. The summed E-state index contributed by atoms with van der Waals surface area (Å²) in [6, 6.07) is 11.4. The smallest absolute Gasteiger partial charge is 0.244 e. The molecule has 0 fully saturated rings. The molecule has 2 amide bonds. The zero-order valence-corrected chi connectivity index (χ0v) is 15.9. The van der Waals surface area contributed by atoms with E-state index in [1.165, 1.54) is 11.8 Å². The van der Waals surface area contributed by atoms with E-state index < -0.39 is 0 Å². The van der Waals surface area contributed by atoms with Crippen molar-refractivity contribution < 1.29 is 9.59 Å². The Balaban J connectivity index is 2.16. The third-order valence-corrected chi connectivity index (χ3v) is 4.66. The number of nitrogens with one attached hydrogen (secondary N) is 1. The molecule has 0 bridgehead atoms. The number of carbonyl (C=O) groups excluding carboxylic acids is 2. The molecule has 0 saturated carbocycles. The van der Waals surface area contributed by atoms with Crippen molar-refractivity contribution in [3.8, 4) is 0 Å². The van der Waals surface area contributed by atoms with Crippen LogP contribution in [0.2, 0.25) is 0 Å². The molecule has 0 aromatic heterocycles. The molecule has 0 unspecified atom stereocenters. The highest BCUT2D eigenvalue weighted by Crippen LogP contribution is 2.22. The van der Waals surface area contributed by atoms with Gasteiger partial charge in [0.25, 0.3) is 0 Å². The number of anilines is 2. The van der Waals surface area contributed by atoms with Crippen LogP contribution in [0.1, 0.15) is 23.6 Å². The van der Waals surface area contributed by atoms with E-state index in [-0.39, 0.29) is 18.4 Å². The molecule has 0 aliphatic rings. The van der Waals surface area contributed by atoms with Crippen LogP contribution in [0.25, 0.3) is 0 Å². The Morgan fingerprint density at radius 3 is 2.33 bits per heavy atom. The fraction of sp³-hybridized carbons (Fsp3) is 0.263. The molecule has 126 valence electrons. The standard InChI is InChI=1S/C19H21BrN2O2/c1-12-5-8-18(14(3)9-12)22(15(4)23)11-19(24)21-16-6-7-17(20)13(2)10-16/h5-10H,11H2,1-4H3,(H,21,24). The van der Waals surface area contributed by atoms with Gasteiger partial charge in [-0.3, -0.25) is 9.59 Å². The minimum absolute atomic E-state index is 0.0195. The van der Waals surface area contributed by atoms with Gasteiger partial charge in [0, 0.05) is 22.8 Å². The molecule has 2 rings (SSSR count). The van der Waals surface area contributed by atoms with Gasteiger partial charge in [-0.2, -0.15) is 0 Å². The van der Waals surface area contributed by atoms with Crippen molar-refractivity contribution in [2.75, 3.05) is 16.8 Å². The molecular weight excluding hydrogens is 368 g/mol. The van der Waals surface area contributed by atoms with E-state index in [2.05, 4.69) is 21.2 Å². The first-order valence-electron chi connectivity index (χ1n) is 7.69. The van der Waals surface area contributed by atoms with E-state index in [0.717, 1.165) is 26.9 Å². The number of benzene rings is 2. The first-order chi connectivity index (χ1) is 11.3. The maximum absolute atomic E-state index is 12.4. The Morgan fingerprint density at radius 1 is 1.04 bits per heavy atom. The predicted molar refractivity (Wildman–Crippen MR) is 101 cm³/mol. The third-order valence-electron chi connectivity index (χ3n) is 3.77. The van der Waals surface area contributed by atoms with E-state index >= 15 is 0 Å². The zero-order valence-electron chi connectivity index (χ0n) is 14.3. The van der Waals surface area contributed by atoms with Crippen molar-refractivity contribution in [2.45, 2.75) is 27.7 Å². The predicted octanol–water partition coefficient (Wildman–Crippen LogP) is 4.37. The Labute approximate surface area is 151 Å². The number of amides is 2. The number of nitrogens with zero attached hydrogens (tertiary/aromatic N) is 1. The van der Waals surface area contributed by atoms with Gasteiger partial charge in [-0.05, 0) is 56.2 Å².